The molecule has 0 aliphatic carbocycles. The third-order valence-electron chi connectivity index (χ3n) is 3.84. The molecular weight excluding hydrogens is 260 g/mol. The van der Waals surface area contributed by atoms with Crippen molar-refractivity contribution in [2.24, 2.45) is 0 Å². The minimum atomic E-state index is 0.234. The summed E-state index contributed by atoms with van der Waals surface area (Å²) < 4.78 is 1.96. The molecular formula is C17H20N4. The summed E-state index contributed by atoms with van der Waals surface area (Å²) in [6.07, 6.45) is 6.83. The van der Waals surface area contributed by atoms with Crippen molar-refractivity contribution in [3.8, 4) is 0 Å². The highest BCUT2D eigenvalue weighted by Gasteiger charge is 2.14. The fourth-order valence-electron chi connectivity index (χ4n) is 2.70. The predicted octanol–water partition coefficient (Wildman–Crippen LogP) is 2.95. The molecule has 0 radical (unpaired) electrons. The van der Waals surface area contributed by atoms with E-state index in [0.29, 0.717) is 0 Å². The lowest BCUT2D eigenvalue weighted by Gasteiger charge is -2.17. The first-order chi connectivity index (χ1) is 10.3. The van der Waals surface area contributed by atoms with Gasteiger partial charge in [-0.25, -0.2) is 0 Å². The number of likely N-dealkylation sites (N-methyl/N-ethyl adjacent to an activating group) is 1. The van der Waals surface area contributed by atoms with Gasteiger partial charge in [-0.3, -0.25) is 9.67 Å². The van der Waals surface area contributed by atoms with Crippen LogP contribution in [-0.4, -0.2) is 21.8 Å². The Morgan fingerprint density at radius 3 is 2.86 bits per heavy atom. The van der Waals surface area contributed by atoms with Crippen molar-refractivity contribution in [3.05, 3.63) is 60.0 Å². The smallest absolute Gasteiger partial charge is 0.0749 e. The van der Waals surface area contributed by atoms with Gasteiger partial charge in [0.05, 0.1) is 11.7 Å². The van der Waals surface area contributed by atoms with Crippen molar-refractivity contribution in [1.29, 1.82) is 0 Å². The molecule has 1 atom stereocenters. The minimum Gasteiger partial charge on any atom is -0.313 e. The largest absolute Gasteiger partial charge is 0.313 e. The lowest BCUT2D eigenvalue weighted by Crippen LogP contribution is -2.19. The number of nitrogens with zero attached hydrogens (tertiary/aromatic N) is 3. The maximum atomic E-state index is 4.55. The first-order valence-corrected chi connectivity index (χ1v) is 7.34. The summed E-state index contributed by atoms with van der Waals surface area (Å²) in [5.74, 6) is 0. The summed E-state index contributed by atoms with van der Waals surface area (Å²) in [6.45, 7) is 3.00. The molecule has 0 saturated carbocycles. The Bertz CT molecular complexity index is 727. The minimum absolute atomic E-state index is 0.234. The van der Waals surface area contributed by atoms with E-state index >= 15 is 0 Å². The van der Waals surface area contributed by atoms with Crippen LogP contribution < -0.4 is 5.32 Å². The fourth-order valence-corrected chi connectivity index (χ4v) is 2.70. The van der Waals surface area contributed by atoms with Gasteiger partial charge in [0.1, 0.15) is 0 Å². The fraction of sp³-hybridized carbons (Fsp3) is 0.294. The quantitative estimate of drug-likeness (QED) is 0.781. The van der Waals surface area contributed by atoms with Gasteiger partial charge >= 0.3 is 0 Å². The van der Waals surface area contributed by atoms with E-state index in [0.717, 1.165) is 18.5 Å². The molecule has 108 valence electrons. The summed E-state index contributed by atoms with van der Waals surface area (Å²) in [6, 6.07) is 10.7. The molecule has 1 aromatic carbocycles. The Morgan fingerprint density at radius 1 is 1.24 bits per heavy atom. The number of para-hydroxylation sites is 1. The number of benzene rings is 1. The summed E-state index contributed by atoms with van der Waals surface area (Å²) in [4.78, 5) is 4.55. The van der Waals surface area contributed by atoms with Gasteiger partial charge in [-0.15, -0.1) is 0 Å². The van der Waals surface area contributed by atoms with E-state index in [9.17, 15) is 0 Å². The normalized spacial score (nSPS) is 12.7. The number of pyridine rings is 1. The Hall–Kier alpha value is -2.20. The van der Waals surface area contributed by atoms with Gasteiger partial charge in [-0.2, -0.15) is 5.10 Å². The maximum Gasteiger partial charge on any atom is 0.0749 e. The van der Waals surface area contributed by atoms with E-state index in [1.54, 1.807) is 0 Å². The molecule has 0 bridgehead atoms. The number of rotatable bonds is 5. The number of hydrogen-bond donors (Lipinski definition) is 1. The third kappa shape index (κ3) is 2.81. The Morgan fingerprint density at radius 2 is 2.10 bits per heavy atom. The van der Waals surface area contributed by atoms with Crippen LogP contribution in [0.15, 0.2) is 48.9 Å². The topological polar surface area (TPSA) is 42.7 Å². The van der Waals surface area contributed by atoms with Gasteiger partial charge in [0.25, 0.3) is 0 Å². The van der Waals surface area contributed by atoms with Gasteiger partial charge in [0.2, 0.25) is 0 Å². The van der Waals surface area contributed by atoms with Gasteiger partial charge in [0.15, 0.2) is 0 Å². The lowest BCUT2D eigenvalue weighted by molar-refractivity contribution is 0.594. The number of nitrogens with one attached hydrogen (secondary N) is 1. The summed E-state index contributed by atoms with van der Waals surface area (Å²) >= 11 is 0. The van der Waals surface area contributed by atoms with E-state index in [1.807, 2.05) is 30.2 Å². The van der Waals surface area contributed by atoms with Gasteiger partial charge in [-0.05, 0) is 37.6 Å². The Kier molecular flexibility index (Phi) is 3.97. The highest BCUT2D eigenvalue weighted by Crippen LogP contribution is 2.24. The molecule has 0 fully saturated rings. The van der Waals surface area contributed by atoms with Crippen molar-refractivity contribution in [2.45, 2.75) is 25.9 Å². The highest BCUT2D eigenvalue weighted by molar-refractivity contribution is 5.82. The number of hydrogen-bond acceptors (Lipinski definition) is 3. The second-order valence-electron chi connectivity index (χ2n) is 5.17. The second-order valence-corrected chi connectivity index (χ2v) is 5.17. The monoisotopic (exact) mass is 280 g/mol. The van der Waals surface area contributed by atoms with Crippen LogP contribution in [-0.2, 0) is 13.0 Å². The van der Waals surface area contributed by atoms with Crippen LogP contribution in [0.3, 0.4) is 0 Å². The van der Waals surface area contributed by atoms with E-state index < -0.39 is 0 Å². The van der Waals surface area contributed by atoms with Crippen molar-refractivity contribution in [2.75, 3.05) is 7.05 Å². The number of aryl methyl sites for hydroxylation is 1. The molecule has 4 heteroatoms. The summed E-state index contributed by atoms with van der Waals surface area (Å²) in [5, 5.41) is 8.94. The van der Waals surface area contributed by atoms with Crippen LogP contribution >= 0.6 is 0 Å². The molecule has 0 aliphatic rings. The SMILES string of the molecule is CCn1cc(CC(NC)c2cccc3cccnc23)cn1. The van der Waals surface area contributed by atoms with Crippen LogP contribution in [0.2, 0.25) is 0 Å². The molecule has 1 N–H and O–H groups in total. The van der Waals surface area contributed by atoms with Crippen LogP contribution in [0.25, 0.3) is 10.9 Å². The van der Waals surface area contributed by atoms with Gasteiger partial charge in [-0.1, -0.05) is 24.3 Å². The van der Waals surface area contributed by atoms with Gasteiger partial charge < -0.3 is 5.32 Å². The molecule has 0 saturated heterocycles. The number of fused-ring (bicyclic) bond motifs is 1. The molecule has 3 aromatic rings. The van der Waals surface area contributed by atoms with Gasteiger partial charge in [0, 0.05) is 30.4 Å². The zero-order valence-electron chi connectivity index (χ0n) is 12.5. The van der Waals surface area contributed by atoms with Crippen molar-refractivity contribution < 1.29 is 0 Å². The first kappa shape index (κ1) is 13.8. The van der Waals surface area contributed by atoms with Crippen molar-refractivity contribution in [3.63, 3.8) is 0 Å². The van der Waals surface area contributed by atoms with E-state index in [2.05, 4.69) is 52.8 Å². The van der Waals surface area contributed by atoms with Crippen molar-refractivity contribution in [1.82, 2.24) is 20.1 Å². The Balaban J connectivity index is 1.94. The predicted molar refractivity (Wildman–Crippen MR) is 85.1 cm³/mol. The van der Waals surface area contributed by atoms with E-state index in [4.69, 9.17) is 0 Å². The zero-order chi connectivity index (χ0) is 14.7. The Labute approximate surface area is 124 Å². The molecule has 2 heterocycles. The molecule has 3 rings (SSSR count). The molecule has 2 aromatic heterocycles. The average molecular weight is 280 g/mol. The highest BCUT2D eigenvalue weighted by atomic mass is 15.3. The first-order valence-electron chi connectivity index (χ1n) is 7.34. The van der Waals surface area contributed by atoms with Crippen LogP contribution in [0.1, 0.15) is 24.1 Å². The van der Waals surface area contributed by atoms with Crippen LogP contribution in [0, 0.1) is 0 Å². The van der Waals surface area contributed by atoms with Crippen LogP contribution in [0.4, 0.5) is 0 Å². The summed E-state index contributed by atoms with van der Waals surface area (Å²) in [7, 11) is 2.00. The van der Waals surface area contributed by atoms with Crippen molar-refractivity contribution >= 4 is 10.9 Å². The molecule has 0 amide bonds. The van der Waals surface area contributed by atoms with E-state index in [-0.39, 0.29) is 6.04 Å². The molecule has 0 aliphatic heterocycles. The summed E-state index contributed by atoms with van der Waals surface area (Å²) in [5.41, 5.74) is 3.55. The third-order valence-corrected chi connectivity index (χ3v) is 3.84. The van der Waals surface area contributed by atoms with E-state index in [1.165, 1.54) is 16.5 Å². The number of aromatic nitrogens is 3. The molecule has 0 spiro atoms. The molecule has 21 heavy (non-hydrogen) atoms. The molecule has 4 nitrogen and oxygen atoms in total. The average Bonchev–Trinajstić information content (AvgIpc) is 3.00. The lowest BCUT2D eigenvalue weighted by atomic mass is 9.98. The van der Waals surface area contributed by atoms with Crippen LogP contribution in [0.5, 0.6) is 0 Å². The standard InChI is InChI=1S/C17H20N4/c1-3-21-12-13(11-20-21)10-16(18-2)15-8-4-6-14-7-5-9-19-17(14)15/h4-9,11-12,16,18H,3,10H2,1-2H3. The molecule has 1 unspecified atom stereocenters. The zero-order valence-corrected chi connectivity index (χ0v) is 12.5. The maximum absolute atomic E-state index is 4.55. The second kappa shape index (κ2) is 6.06.